The largest absolute Gasteiger partial charge is 0.503 e. The lowest BCUT2D eigenvalue weighted by Gasteiger charge is -2.09. The summed E-state index contributed by atoms with van der Waals surface area (Å²) in [7, 11) is 0. The number of nitrogens with zero attached hydrogens (tertiary/aromatic N) is 2. The molecule has 102 valence electrons. The highest BCUT2D eigenvalue weighted by Gasteiger charge is 2.12. The van der Waals surface area contributed by atoms with Gasteiger partial charge in [-0.1, -0.05) is 0 Å². The number of phenolic OH excluding ortho intramolecular Hbond substituents is 1. The maximum Gasteiger partial charge on any atom is 0.178 e. The molecule has 5 nitrogen and oxygen atoms in total. The van der Waals surface area contributed by atoms with Gasteiger partial charge in [-0.2, -0.15) is 0 Å². The minimum atomic E-state index is -0.701. The smallest absolute Gasteiger partial charge is 0.178 e. The number of hydrogen-bond donors (Lipinski definition) is 2. The molecule has 0 aliphatic carbocycles. The third-order valence-electron chi connectivity index (χ3n) is 2.91. The normalized spacial score (nSPS) is 10.9. The van der Waals surface area contributed by atoms with Gasteiger partial charge in [-0.3, -0.25) is 0 Å². The SMILES string of the molecule is Cc1nc(NCc2ccco2)c2ccc(F)c(O)c2n1. The zero-order valence-electron chi connectivity index (χ0n) is 10.7. The van der Waals surface area contributed by atoms with E-state index >= 15 is 0 Å². The Morgan fingerprint density at radius 2 is 2.15 bits per heavy atom. The zero-order valence-corrected chi connectivity index (χ0v) is 10.7. The topological polar surface area (TPSA) is 71.2 Å². The summed E-state index contributed by atoms with van der Waals surface area (Å²) in [5.41, 5.74) is 0.194. The molecule has 2 N–H and O–H groups in total. The zero-order chi connectivity index (χ0) is 14.1. The van der Waals surface area contributed by atoms with E-state index in [0.717, 1.165) is 5.76 Å². The van der Waals surface area contributed by atoms with Crippen molar-refractivity contribution in [2.45, 2.75) is 13.5 Å². The number of hydrogen-bond acceptors (Lipinski definition) is 5. The lowest BCUT2D eigenvalue weighted by atomic mass is 10.2. The highest BCUT2D eigenvalue weighted by atomic mass is 19.1. The van der Waals surface area contributed by atoms with Gasteiger partial charge >= 0.3 is 0 Å². The van der Waals surface area contributed by atoms with E-state index < -0.39 is 11.6 Å². The second-order valence-corrected chi connectivity index (χ2v) is 4.34. The molecule has 3 aromatic rings. The Morgan fingerprint density at radius 3 is 2.90 bits per heavy atom. The minimum absolute atomic E-state index is 0.194. The van der Waals surface area contributed by atoms with Gasteiger partial charge in [-0.25, -0.2) is 14.4 Å². The monoisotopic (exact) mass is 273 g/mol. The standard InChI is InChI=1S/C14H12FN3O2/c1-8-17-12-10(4-5-11(15)13(12)19)14(18-8)16-7-9-3-2-6-20-9/h2-6,19H,7H2,1H3,(H,16,17,18). The van der Waals surface area contributed by atoms with Gasteiger partial charge < -0.3 is 14.8 Å². The molecule has 2 heterocycles. The van der Waals surface area contributed by atoms with Crippen LogP contribution in [0, 0.1) is 12.7 Å². The number of fused-ring (bicyclic) bond motifs is 1. The van der Waals surface area contributed by atoms with Crippen molar-refractivity contribution in [3.63, 3.8) is 0 Å². The van der Waals surface area contributed by atoms with E-state index in [9.17, 15) is 9.50 Å². The Morgan fingerprint density at radius 1 is 1.30 bits per heavy atom. The van der Waals surface area contributed by atoms with Crippen LogP contribution in [0.2, 0.25) is 0 Å². The molecule has 0 fully saturated rings. The van der Waals surface area contributed by atoms with Gasteiger partial charge in [-0.05, 0) is 31.2 Å². The summed E-state index contributed by atoms with van der Waals surface area (Å²) in [5.74, 6) is 0.557. The lowest BCUT2D eigenvalue weighted by molar-refractivity contribution is 0.437. The predicted octanol–water partition coefficient (Wildman–Crippen LogP) is 2.99. The summed E-state index contributed by atoms with van der Waals surface area (Å²) < 4.78 is 18.6. The molecule has 6 heteroatoms. The fraction of sp³-hybridized carbons (Fsp3) is 0.143. The van der Waals surface area contributed by atoms with Crippen LogP contribution < -0.4 is 5.32 Å². The number of aromatic nitrogens is 2. The molecule has 0 bridgehead atoms. The molecule has 0 aliphatic heterocycles. The van der Waals surface area contributed by atoms with E-state index in [4.69, 9.17) is 4.42 Å². The van der Waals surface area contributed by atoms with Crippen LogP contribution in [0.1, 0.15) is 11.6 Å². The second kappa shape index (κ2) is 4.80. The second-order valence-electron chi connectivity index (χ2n) is 4.34. The number of aromatic hydroxyl groups is 1. The molecule has 0 aliphatic rings. The van der Waals surface area contributed by atoms with Crippen molar-refractivity contribution in [2.24, 2.45) is 0 Å². The van der Waals surface area contributed by atoms with Crippen LogP contribution in [0.3, 0.4) is 0 Å². The molecule has 0 saturated carbocycles. The van der Waals surface area contributed by atoms with E-state index in [0.29, 0.717) is 23.6 Å². The number of nitrogens with one attached hydrogen (secondary N) is 1. The first-order valence-corrected chi connectivity index (χ1v) is 6.07. The Balaban J connectivity index is 2.03. The number of anilines is 1. The van der Waals surface area contributed by atoms with E-state index in [1.165, 1.54) is 12.1 Å². The highest BCUT2D eigenvalue weighted by molar-refractivity contribution is 5.93. The maximum absolute atomic E-state index is 13.4. The molecular formula is C14H12FN3O2. The first-order chi connectivity index (χ1) is 9.65. The molecule has 1 aromatic carbocycles. The van der Waals surface area contributed by atoms with Crippen LogP contribution in [-0.4, -0.2) is 15.1 Å². The Hall–Kier alpha value is -2.63. The maximum atomic E-state index is 13.4. The minimum Gasteiger partial charge on any atom is -0.503 e. The van der Waals surface area contributed by atoms with Gasteiger partial charge in [0, 0.05) is 5.39 Å². The summed E-state index contributed by atoms with van der Waals surface area (Å²) in [6.07, 6.45) is 1.58. The third-order valence-corrected chi connectivity index (χ3v) is 2.91. The van der Waals surface area contributed by atoms with Crippen LogP contribution >= 0.6 is 0 Å². The molecular weight excluding hydrogens is 261 g/mol. The first-order valence-electron chi connectivity index (χ1n) is 6.07. The quantitative estimate of drug-likeness (QED) is 0.767. The molecule has 0 atom stereocenters. The number of halogens is 1. The van der Waals surface area contributed by atoms with Crippen molar-refractivity contribution in [3.8, 4) is 5.75 Å². The van der Waals surface area contributed by atoms with Crippen molar-refractivity contribution < 1.29 is 13.9 Å². The number of rotatable bonds is 3. The lowest BCUT2D eigenvalue weighted by Crippen LogP contribution is -2.04. The van der Waals surface area contributed by atoms with Crippen LogP contribution in [0.15, 0.2) is 34.9 Å². The van der Waals surface area contributed by atoms with Gasteiger partial charge in [0.2, 0.25) is 0 Å². The number of benzene rings is 1. The Bertz CT molecular complexity index is 757. The average Bonchev–Trinajstić information content (AvgIpc) is 2.94. The van der Waals surface area contributed by atoms with E-state index in [-0.39, 0.29) is 5.52 Å². The molecule has 20 heavy (non-hydrogen) atoms. The third kappa shape index (κ3) is 2.16. The molecule has 3 rings (SSSR count). The van der Waals surface area contributed by atoms with Crippen LogP contribution in [-0.2, 0) is 6.54 Å². The predicted molar refractivity (Wildman–Crippen MR) is 71.9 cm³/mol. The van der Waals surface area contributed by atoms with E-state index in [1.807, 2.05) is 6.07 Å². The Kier molecular flexibility index (Phi) is 2.98. The molecule has 0 saturated heterocycles. The molecule has 0 radical (unpaired) electrons. The summed E-state index contributed by atoms with van der Waals surface area (Å²) in [5, 5.41) is 13.4. The van der Waals surface area contributed by atoms with Gasteiger partial charge in [0.25, 0.3) is 0 Å². The highest BCUT2D eigenvalue weighted by Crippen LogP contribution is 2.30. The summed E-state index contributed by atoms with van der Waals surface area (Å²) in [6.45, 7) is 2.12. The summed E-state index contributed by atoms with van der Waals surface area (Å²) in [4.78, 5) is 8.35. The molecule has 0 amide bonds. The summed E-state index contributed by atoms with van der Waals surface area (Å²) >= 11 is 0. The number of furan rings is 1. The van der Waals surface area contributed by atoms with Gasteiger partial charge in [0.1, 0.15) is 22.9 Å². The number of phenols is 1. The van der Waals surface area contributed by atoms with Crippen molar-refractivity contribution in [2.75, 3.05) is 5.32 Å². The van der Waals surface area contributed by atoms with Gasteiger partial charge in [0.15, 0.2) is 11.6 Å². The Labute approximate surface area is 114 Å². The van der Waals surface area contributed by atoms with Crippen molar-refractivity contribution in [1.29, 1.82) is 0 Å². The average molecular weight is 273 g/mol. The van der Waals surface area contributed by atoms with E-state index in [2.05, 4.69) is 15.3 Å². The van der Waals surface area contributed by atoms with Crippen LogP contribution in [0.5, 0.6) is 5.75 Å². The van der Waals surface area contributed by atoms with Gasteiger partial charge in [0.05, 0.1) is 12.8 Å². The molecule has 2 aromatic heterocycles. The van der Waals surface area contributed by atoms with Crippen molar-refractivity contribution in [1.82, 2.24) is 9.97 Å². The first kappa shape index (κ1) is 12.4. The van der Waals surface area contributed by atoms with E-state index in [1.54, 1.807) is 19.3 Å². The van der Waals surface area contributed by atoms with Gasteiger partial charge in [-0.15, -0.1) is 0 Å². The van der Waals surface area contributed by atoms with Crippen LogP contribution in [0.25, 0.3) is 10.9 Å². The fourth-order valence-electron chi connectivity index (χ4n) is 1.99. The van der Waals surface area contributed by atoms with Crippen molar-refractivity contribution in [3.05, 3.63) is 47.9 Å². The van der Waals surface area contributed by atoms with Crippen LogP contribution in [0.4, 0.5) is 10.2 Å². The molecule has 0 spiro atoms. The summed E-state index contributed by atoms with van der Waals surface area (Å²) in [6, 6.07) is 6.35. The number of aryl methyl sites for hydroxylation is 1. The molecule has 0 unspecified atom stereocenters. The van der Waals surface area contributed by atoms with Crippen molar-refractivity contribution >= 4 is 16.7 Å². The fourth-order valence-corrected chi connectivity index (χ4v) is 1.99.